The Bertz CT molecular complexity index is 451. The van der Waals surface area contributed by atoms with Gasteiger partial charge in [-0.3, -0.25) is 0 Å². The summed E-state index contributed by atoms with van der Waals surface area (Å²) < 4.78 is 5.08. The molecule has 0 saturated heterocycles. The normalized spacial score (nSPS) is 8.40. The van der Waals surface area contributed by atoms with Crippen molar-refractivity contribution in [1.29, 1.82) is 0 Å². The molecule has 1 aromatic rings. The van der Waals surface area contributed by atoms with Crippen molar-refractivity contribution in [3.8, 4) is 17.6 Å². The molecule has 15 heavy (non-hydrogen) atoms. The van der Waals surface area contributed by atoms with Crippen LogP contribution in [0, 0.1) is 18.8 Å². The summed E-state index contributed by atoms with van der Waals surface area (Å²) in [7, 11) is 1.63. The van der Waals surface area contributed by atoms with Crippen molar-refractivity contribution < 1.29 is 4.74 Å². The third kappa shape index (κ3) is 3.26. The van der Waals surface area contributed by atoms with E-state index >= 15 is 0 Å². The van der Waals surface area contributed by atoms with Gasteiger partial charge >= 0.3 is 0 Å². The Morgan fingerprint density at radius 2 is 2.33 bits per heavy atom. The quantitative estimate of drug-likeness (QED) is 0.314. The van der Waals surface area contributed by atoms with Gasteiger partial charge in [0, 0.05) is 10.5 Å². The molecular formula is C11H11N3O. The summed E-state index contributed by atoms with van der Waals surface area (Å²) in [6.45, 7) is 2.15. The van der Waals surface area contributed by atoms with Crippen LogP contribution < -0.4 is 4.74 Å². The van der Waals surface area contributed by atoms with Crippen molar-refractivity contribution >= 4 is 0 Å². The van der Waals surface area contributed by atoms with Gasteiger partial charge in [0.15, 0.2) is 0 Å². The number of methoxy groups -OCH3 is 1. The monoisotopic (exact) mass is 201 g/mol. The first kappa shape index (κ1) is 11.0. The molecular weight excluding hydrogens is 190 g/mol. The van der Waals surface area contributed by atoms with E-state index in [-0.39, 0.29) is 6.54 Å². The van der Waals surface area contributed by atoms with E-state index in [4.69, 9.17) is 10.3 Å². The lowest BCUT2D eigenvalue weighted by atomic mass is 10.1. The number of hydrogen-bond acceptors (Lipinski definition) is 2. The zero-order valence-electron chi connectivity index (χ0n) is 8.69. The fraction of sp³-hybridized carbons (Fsp3) is 0.273. The first-order valence-electron chi connectivity index (χ1n) is 4.42. The average molecular weight is 201 g/mol. The molecule has 0 aromatic heterocycles. The Morgan fingerprint density at radius 3 is 2.93 bits per heavy atom. The Kier molecular flexibility index (Phi) is 4.08. The second kappa shape index (κ2) is 5.58. The zero-order chi connectivity index (χ0) is 11.1. The second-order valence-electron chi connectivity index (χ2n) is 2.87. The van der Waals surface area contributed by atoms with Crippen LogP contribution in [0.3, 0.4) is 0 Å². The van der Waals surface area contributed by atoms with Crippen molar-refractivity contribution in [2.75, 3.05) is 13.7 Å². The number of ether oxygens (including phenoxy) is 1. The number of benzene rings is 1. The summed E-state index contributed by atoms with van der Waals surface area (Å²) in [5.74, 6) is 6.51. The van der Waals surface area contributed by atoms with Crippen LogP contribution in [0.5, 0.6) is 5.75 Å². The molecule has 0 aliphatic rings. The van der Waals surface area contributed by atoms with Gasteiger partial charge in [-0.25, -0.2) is 0 Å². The fourth-order valence-corrected chi connectivity index (χ4v) is 1.11. The van der Waals surface area contributed by atoms with E-state index in [0.717, 1.165) is 16.9 Å². The lowest BCUT2D eigenvalue weighted by Gasteiger charge is -2.02. The van der Waals surface area contributed by atoms with Crippen molar-refractivity contribution in [3.63, 3.8) is 0 Å². The number of aryl methyl sites for hydroxylation is 1. The predicted octanol–water partition coefficient (Wildman–Crippen LogP) is 2.67. The maximum absolute atomic E-state index is 8.06. The lowest BCUT2D eigenvalue weighted by Crippen LogP contribution is -1.86. The minimum atomic E-state index is 0.196. The van der Waals surface area contributed by atoms with Gasteiger partial charge in [-0.2, -0.15) is 0 Å². The van der Waals surface area contributed by atoms with Crippen LogP contribution in [0.2, 0.25) is 0 Å². The number of rotatable bonds is 2. The molecule has 4 nitrogen and oxygen atoms in total. The molecule has 0 unspecified atom stereocenters. The molecule has 0 saturated carbocycles. The zero-order valence-corrected chi connectivity index (χ0v) is 8.69. The summed E-state index contributed by atoms with van der Waals surface area (Å²) in [5.41, 5.74) is 10.0. The van der Waals surface area contributed by atoms with Gasteiger partial charge < -0.3 is 4.74 Å². The average Bonchev–Trinajstić information content (AvgIpc) is 2.26. The summed E-state index contributed by atoms with van der Waals surface area (Å²) in [4.78, 5) is 2.62. The lowest BCUT2D eigenvalue weighted by molar-refractivity contribution is 0.414. The van der Waals surface area contributed by atoms with Crippen LogP contribution in [0.25, 0.3) is 10.4 Å². The molecule has 0 atom stereocenters. The molecule has 0 spiro atoms. The standard InChI is InChI=1S/C11H11N3O/c1-9-8-11(15-2)6-5-10(9)4-3-7-13-14-12/h5-6,8H,7H2,1-2H3. The number of nitrogens with zero attached hydrogens (tertiary/aromatic N) is 3. The minimum Gasteiger partial charge on any atom is -0.497 e. The van der Waals surface area contributed by atoms with Crippen LogP contribution in [-0.2, 0) is 0 Å². The summed E-state index contributed by atoms with van der Waals surface area (Å²) in [6, 6.07) is 5.65. The predicted molar refractivity (Wildman–Crippen MR) is 58.6 cm³/mol. The van der Waals surface area contributed by atoms with E-state index in [1.165, 1.54) is 0 Å². The van der Waals surface area contributed by atoms with Crippen molar-refractivity contribution in [1.82, 2.24) is 0 Å². The SMILES string of the molecule is COc1ccc(C#CCN=[N+]=[N-])c(C)c1. The molecule has 0 N–H and O–H groups in total. The van der Waals surface area contributed by atoms with Crippen LogP contribution in [0.4, 0.5) is 0 Å². The highest BCUT2D eigenvalue weighted by atomic mass is 16.5. The molecule has 4 heteroatoms. The Balaban J connectivity index is 2.85. The van der Waals surface area contributed by atoms with Gasteiger partial charge in [-0.05, 0) is 36.2 Å². The van der Waals surface area contributed by atoms with Gasteiger partial charge in [0.05, 0.1) is 13.7 Å². The molecule has 0 radical (unpaired) electrons. The summed E-state index contributed by atoms with van der Waals surface area (Å²) in [5, 5.41) is 3.33. The highest BCUT2D eigenvalue weighted by molar-refractivity contribution is 5.44. The van der Waals surface area contributed by atoms with Crippen LogP contribution in [-0.4, -0.2) is 13.7 Å². The highest BCUT2D eigenvalue weighted by Gasteiger charge is 1.96. The fourth-order valence-electron chi connectivity index (χ4n) is 1.11. The van der Waals surface area contributed by atoms with Crippen molar-refractivity contribution in [2.45, 2.75) is 6.92 Å². The van der Waals surface area contributed by atoms with Gasteiger partial charge in [-0.1, -0.05) is 17.0 Å². The van der Waals surface area contributed by atoms with Gasteiger partial charge in [0.1, 0.15) is 5.75 Å². The topological polar surface area (TPSA) is 58.0 Å². The van der Waals surface area contributed by atoms with Crippen molar-refractivity contribution in [3.05, 3.63) is 39.8 Å². The number of hydrogen-bond donors (Lipinski definition) is 0. The van der Waals surface area contributed by atoms with E-state index in [0.29, 0.717) is 0 Å². The van der Waals surface area contributed by atoms with E-state index in [1.54, 1.807) is 7.11 Å². The molecule has 0 amide bonds. The summed E-state index contributed by atoms with van der Waals surface area (Å²) in [6.07, 6.45) is 0. The maximum Gasteiger partial charge on any atom is 0.119 e. The van der Waals surface area contributed by atoms with Crippen LogP contribution in [0.15, 0.2) is 23.3 Å². The third-order valence-corrected chi connectivity index (χ3v) is 1.87. The largest absolute Gasteiger partial charge is 0.497 e. The van der Waals surface area contributed by atoms with Gasteiger partial charge in [-0.15, -0.1) is 0 Å². The highest BCUT2D eigenvalue weighted by Crippen LogP contribution is 2.15. The molecule has 0 bridgehead atoms. The minimum absolute atomic E-state index is 0.196. The third-order valence-electron chi connectivity index (χ3n) is 1.87. The molecule has 76 valence electrons. The molecule has 0 aliphatic heterocycles. The molecule has 0 fully saturated rings. The molecule has 1 aromatic carbocycles. The van der Waals surface area contributed by atoms with E-state index in [2.05, 4.69) is 21.9 Å². The summed E-state index contributed by atoms with van der Waals surface area (Å²) >= 11 is 0. The Morgan fingerprint density at radius 1 is 1.53 bits per heavy atom. The number of azide groups is 1. The first-order valence-corrected chi connectivity index (χ1v) is 4.42. The van der Waals surface area contributed by atoms with Gasteiger partial charge in [0.2, 0.25) is 0 Å². The second-order valence-corrected chi connectivity index (χ2v) is 2.87. The first-order chi connectivity index (χ1) is 7.27. The smallest absolute Gasteiger partial charge is 0.119 e. The molecule has 1 rings (SSSR count). The van der Waals surface area contributed by atoms with Crippen LogP contribution >= 0.6 is 0 Å². The van der Waals surface area contributed by atoms with E-state index in [9.17, 15) is 0 Å². The van der Waals surface area contributed by atoms with Gasteiger partial charge in [0.25, 0.3) is 0 Å². The molecule has 0 heterocycles. The molecule has 0 aliphatic carbocycles. The van der Waals surface area contributed by atoms with E-state index < -0.39 is 0 Å². The Labute approximate surface area is 88.5 Å². The van der Waals surface area contributed by atoms with Crippen molar-refractivity contribution in [2.24, 2.45) is 5.11 Å². The maximum atomic E-state index is 8.06. The Hall–Kier alpha value is -2.11. The van der Waals surface area contributed by atoms with Crippen LogP contribution in [0.1, 0.15) is 11.1 Å². The van der Waals surface area contributed by atoms with E-state index in [1.807, 2.05) is 25.1 Å².